The molecule has 0 unspecified atom stereocenters. The molecule has 0 radical (unpaired) electrons. The Bertz CT molecular complexity index is 197. The summed E-state index contributed by atoms with van der Waals surface area (Å²) in [5.74, 6) is 1.22. The fourth-order valence-corrected chi connectivity index (χ4v) is 3.34. The standard InChI is InChI=1S/C10H22NOSi/c1-11(9-13(2,3)4)10-7-5-6-8-12-10/h5-9H2,1-4H3/q+1/b11-10+. The van der Waals surface area contributed by atoms with E-state index in [1.807, 2.05) is 0 Å². The molecular weight excluding hydrogens is 178 g/mol. The highest BCUT2D eigenvalue weighted by molar-refractivity contribution is 6.75. The van der Waals surface area contributed by atoms with Gasteiger partial charge in [-0.05, 0) is 12.8 Å². The summed E-state index contributed by atoms with van der Waals surface area (Å²) in [6.45, 7) is 8.11. The Hall–Kier alpha value is -0.313. The third-order valence-corrected chi connectivity index (χ3v) is 3.61. The van der Waals surface area contributed by atoms with E-state index in [0.717, 1.165) is 13.0 Å². The van der Waals surface area contributed by atoms with E-state index in [1.54, 1.807) is 0 Å². The summed E-state index contributed by atoms with van der Waals surface area (Å²) in [5, 5.41) is 0. The van der Waals surface area contributed by atoms with Gasteiger partial charge in [0.1, 0.15) is 21.3 Å². The minimum atomic E-state index is -0.979. The van der Waals surface area contributed by atoms with E-state index in [2.05, 4.69) is 31.3 Å². The number of rotatable bonds is 2. The topological polar surface area (TPSA) is 12.2 Å². The van der Waals surface area contributed by atoms with E-state index in [4.69, 9.17) is 4.74 Å². The highest BCUT2D eigenvalue weighted by Crippen LogP contribution is 2.08. The van der Waals surface area contributed by atoms with Crippen molar-refractivity contribution in [3.63, 3.8) is 0 Å². The Morgan fingerprint density at radius 1 is 1.31 bits per heavy atom. The lowest BCUT2D eigenvalue weighted by atomic mass is 10.2. The molecule has 1 aliphatic heterocycles. The molecule has 3 heteroatoms. The summed E-state index contributed by atoms with van der Waals surface area (Å²) >= 11 is 0. The SMILES string of the molecule is C/[N+](C[Si](C)(C)C)=C1/CCCCO1. The number of nitrogens with zero attached hydrogens (tertiary/aromatic N) is 1. The average molecular weight is 200 g/mol. The molecule has 1 fully saturated rings. The van der Waals surface area contributed by atoms with Crippen LogP contribution in [-0.4, -0.2) is 38.4 Å². The Morgan fingerprint density at radius 2 is 2.00 bits per heavy atom. The first kappa shape index (κ1) is 10.8. The molecule has 0 spiro atoms. The fourth-order valence-electron chi connectivity index (χ4n) is 1.74. The van der Waals surface area contributed by atoms with Gasteiger partial charge < -0.3 is 4.74 Å². The van der Waals surface area contributed by atoms with Gasteiger partial charge in [0.05, 0.1) is 13.0 Å². The van der Waals surface area contributed by atoms with Crippen LogP contribution in [0.3, 0.4) is 0 Å². The summed E-state index contributed by atoms with van der Waals surface area (Å²) < 4.78 is 7.98. The summed E-state index contributed by atoms with van der Waals surface area (Å²) in [7, 11) is 1.19. The highest BCUT2D eigenvalue weighted by atomic mass is 28.3. The van der Waals surface area contributed by atoms with E-state index in [9.17, 15) is 0 Å². The molecule has 0 aliphatic carbocycles. The zero-order valence-electron chi connectivity index (χ0n) is 9.39. The molecule has 0 aromatic rings. The zero-order chi connectivity index (χ0) is 9.90. The minimum Gasteiger partial charge on any atom is -0.448 e. The van der Waals surface area contributed by atoms with Crippen LogP contribution in [0.5, 0.6) is 0 Å². The lowest BCUT2D eigenvalue weighted by Gasteiger charge is -2.17. The van der Waals surface area contributed by atoms with E-state index in [1.165, 1.54) is 24.9 Å². The molecule has 0 aromatic carbocycles. The van der Waals surface area contributed by atoms with E-state index in [-0.39, 0.29) is 0 Å². The molecule has 76 valence electrons. The lowest BCUT2D eigenvalue weighted by molar-refractivity contribution is -0.491. The number of hydrogen-bond acceptors (Lipinski definition) is 1. The Morgan fingerprint density at radius 3 is 2.46 bits per heavy atom. The molecule has 1 rings (SSSR count). The normalized spacial score (nSPS) is 22.5. The third-order valence-electron chi connectivity index (χ3n) is 2.19. The fraction of sp³-hybridized carbons (Fsp3) is 0.900. The van der Waals surface area contributed by atoms with Crippen LogP contribution >= 0.6 is 0 Å². The highest BCUT2D eigenvalue weighted by Gasteiger charge is 2.23. The van der Waals surface area contributed by atoms with Gasteiger partial charge in [0.15, 0.2) is 0 Å². The summed E-state index contributed by atoms with van der Waals surface area (Å²) in [4.78, 5) is 0. The van der Waals surface area contributed by atoms with Gasteiger partial charge in [0.2, 0.25) is 0 Å². The molecule has 1 heterocycles. The predicted molar refractivity (Wildman–Crippen MR) is 59.2 cm³/mol. The Balaban J connectivity index is 2.56. The molecule has 0 atom stereocenters. The monoisotopic (exact) mass is 200 g/mol. The summed E-state index contributed by atoms with van der Waals surface area (Å²) in [5.41, 5.74) is 0. The molecule has 0 aromatic heterocycles. The van der Waals surface area contributed by atoms with Crippen molar-refractivity contribution in [1.82, 2.24) is 0 Å². The third kappa shape index (κ3) is 3.94. The van der Waals surface area contributed by atoms with E-state index in [0.29, 0.717) is 0 Å². The minimum absolute atomic E-state index is 0.922. The van der Waals surface area contributed by atoms with Crippen molar-refractivity contribution in [2.75, 3.05) is 19.8 Å². The van der Waals surface area contributed by atoms with Gasteiger partial charge in [0, 0.05) is 0 Å². The van der Waals surface area contributed by atoms with Crippen LogP contribution in [0.15, 0.2) is 0 Å². The molecule has 0 bridgehead atoms. The van der Waals surface area contributed by atoms with Crippen molar-refractivity contribution in [1.29, 1.82) is 0 Å². The maximum absolute atomic E-state index is 5.65. The van der Waals surface area contributed by atoms with Crippen LogP contribution in [0.1, 0.15) is 19.3 Å². The molecule has 13 heavy (non-hydrogen) atoms. The van der Waals surface area contributed by atoms with Crippen molar-refractivity contribution in [3.05, 3.63) is 0 Å². The molecule has 1 saturated heterocycles. The Labute approximate surface area is 82.6 Å². The molecule has 2 nitrogen and oxygen atoms in total. The van der Waals surface area contributed by atoms with Crippen LogP contribution < -0.4 is 0 Å². The van der Waals surface area contributed by atoms with Gasteiger partial charge in [-0.25, -0.2) is 4.58 Å². The molecule has 0 amide bonds. The van der Waals surface area contributed by atoms with Gasteiger partial charge >= 0.3 is 5.90 Å². The van der Waals surface area contributed by atoms with Crippen LogP contribution in [0.4, 0.5) is 0 Å². The van der Waals surface area contributed by atoms with Crippen LogP contribution in [-0.2, 0) is 4.74 Å². The van der Waals surface area contributed by atoms with Gasteiger partial charge in [-0.3, -0.25) is 0 Å². The van der Waals surface area contributed by atoms with Crippen molar-refractivity contribution >= 4 is 14.0 Å². The second kappa shape index (κ2) is 4.27. The van der Waals surface area contributed by atoms with Gasteiger partial charge in [-0.15, -0.1) is 0 Å². The molecule has 0 N–H and O–H groups in total. The van der Waals surface area contributed by atoms with Crippen molar-refractivity contribution in [2.24, 2.45) is 0 Å². The van der Waals surface area contributed by atoms with Crippen molar-refractivity contribution in [2.45, 2.75) is 38.9 Å². The number of hydrogen-bond donors (Lipinski definition) is 0. The summed E-state index contributed by atoms with van der Waals surface area (Å²) in [6.07, 6.45) is 4.87. The van der Waals surface area contributed by atoms with Gasteiger partial charge in [0.25, 0.3) is 0 Å². The second-order valence-electron chi connectivity index (χ2n) is 5.12. The molecular formula is C10H22NOSi+. The largest absolute Gasteiger partial charge is 0.448 e. The first-order valence-corrected chi connectivity index (χ1v) is 8.89. The second-order valence-corrected chi connectivity index (χ2v) is 10.6. The number of ether oxygens (including phenoxy) is 1. The van der Waals surface area contributed by atoms with E-state index < -0.39 is 8.07 Å². The average Bonchev–Trinajstić information content (AvgIpc) is 2.03. The van der Waals surface area contributed by atoms with E-state index >= 15 is 0 Å². The van der Waals surface area contributed by atoms with Gasteiger partial charge in [-0.2, -0.15) is 0 Å². The van der Waals surface area contributed by atoms with Crippen LogP contribution in [0.2, 0.25) is 19.6 Å². The maximum Gasteiger partial charge on any atom is 0.335 e. The van der Waals surface area contributed by atoms with Crippen molar-refractivity contribution in [3.8, 4) is 0 Å². The van der Waals surface area contributed by atoms with Gasteiger partial charge in [-0.1, -0.05) is 19.6 Å². The lowest BCUT2D eigenvalue weighted by Crippen LogP contribution is -2.37. The van der Waals surface area contributed by atoms with Crippen molar-refractivity contribution < 1.29 is 9.31 Å². The smallest absolute Gasteiger partial charge is 0.335 e. The quantitative estimate of drug-likeness (QED) is 0.491. The zero-order valence-corrected chi connectivity index (χ0v) is 10.4. The maximum atomic E-state index is 5.65. The molecule has 1 aliphatic rings. The summed E-state index contributed by atoms with van der Waals surface area (Å²) in [6, 6.07) is 0. The first-order valence-electron chi connectivity index (χ1n) is 5.19. The molecule has 0 saturated carbocycles. The van der Waals surface area contributed by atoms with Crippen LogP contribution in [0.25, 0.3) is 0 Å². The Kier molecular flexibility index (Phi) is 3.53. The first-order chi connectivity index (χ1) is 5.99. The van der Waals surface area contributed by atoms with Crippen LogP contribution in [0, 0.1) is 0 Å². The predicted octanol–water partition coefficient (Wildman–Crippen LogP) is 2.11.